The second kappa shape index (κ2) is 8.77. The van der Waals surface area contributed by atoms with Gasteiger partial charge in [0.25, 0.3) is 0 Å². The van der Waals surface area contributed by atoms with Crippen LogP contribution >= 0.6 is 27.3 Å². The van der Waals surface area contributed by atoms with Crippen LogP contribution in [0.25, 0.3) is 0 Å². The summed E-state index contributed by atoms with van der Waals surface area (Å²) in [6.07, 6.45) is 1.31. The average molecular weight is 409 g/mol. The Morgan fingerprint density at radius 1 is 1.29 bits per heavy atom. The smallest absolute Gasteiger partial charge is 0.229 e. The monoisotopic (exact) mass is 408 g/mol. The fourth-order valence-electron chi connectivity index (χ4n) is 2.68. The molecule has 0 saturated carbocycles. The first-order chi connectivity index (χ1) is 11.4. The standard InChI is InChI=1S/C19H25BrN2OS/c1-5-10-22(14(4)16-8-6-7-9-17(16)20)18(23)11-15-12-24-19(21-15)13(2)3/h6-9,12-14H,5,10-11H2,1-4H3. The van der Waals surface area contributed by atoms with Gasteiger partial charge in [-0.15, -0.1) is 11.3 Å². The van der Waals surface area contributed by atoms with Crippen molar-refractivity contribution in [3.8, 4) is 0 Å². The number of carbonyl (C=O) groups is 1. The first kappa shape index (κ1) is 19.1. The maximum atomic E-state index is 12.9. The first-order valence-electron chi connectivity index (χ1n) is 8.42. The van der Waals surface area contributed by atoms with Crippen molar-refractivity contribution in [1.82, 2.24) is 9.88 Å². The lowest BCUT2D eigenvalue weighted by Crippen LogP contribution is -2.35. The van der Waals surface area contributed by atoms with E-state index in [-0.39, 0.29) is 11.9 Å². The zero-order valence-electron chi connectivity index (χ0n) is 14.8. The zero-order chi connectivity index (χ0) is 17.7. The minimum absolute atomic E-state index is 0.0382. The van der Waals surface area contributed by atoms with Crippen LogP contribution in [0.5, 0.6) is 0 Å². The van der Waals surface area contributed by atoms with Gasteiger partial charge in [0.2, 0.25) is 5.91 Å². The first-order valence-corrected chi connectivity index (χ1v) is 10.1. The summed E-state index contributed by atoms with van der Waals surface area (Å²) in [7, 11) is 0. The molecule has 2 aromatic rings. The Bertz CT molecular complexity index is 684. The second-order valence-corrected chi connectivity index (χ2v) is 8.04. The number of carbonyl (C=O) groups excluding carboxylic acids is 1. The Hall–Kier alpha value is -1.20. The summed E-state index contributed by atoms with van der Waals surface area (Å²) in [6.45, 7) is 9.20. The van der Waals surface area contributed by atoms with Crippen molar-refractivity contribution in [3.63, 3.8) is 0 Å². The summed E-state index contributed by atoms with van der Waals surface area (Å²) >= 11 is 5.25. The van der Waals surface area contributed by atoms with E-state index in [0.717, 1.165) is 33.7 Å². The highest BCUT2D eigenvalue weighted by Crippen LogP contribution is 2.28. The Kier molecular flexibility index (Phi) is 6.99. The van der Waals surface area contributed by atoms with Crippen molar-refractivity contribution < 1.29 is 4.79 Å². The third kappa shape index (κ3) is 4.67. The molecule has 0 bridgehead atoms. The van der Waals surface area contributed by atoms with Crippen LogP contribution in [0.4, 0.5) is 0 Å². The molecule has 0 saturated heterocycles. The van der Waals surface area contributed by atoms with E-state index < -0.39 is 0 Å². The minimum Gasteiger partial charge on any atom is -0.336 e. The highest BCUT2D eigenvalue weighted by atomic mass is 79.9. The number of halogens is 1. The average Bonchev–Trinajstić information content (AvgIpc) is 3.01. The topological polar surface area (TPSA) is 33.2 Å². The van der Waals surface area contributed by atoms with Gasteiger partial charge in [0.15, 0.2) is 0 Å². The molecule has 0 aliphatic carbocycles. The molecule has 1 atom stereocenters. The summed E-state index contributed by atoms with van der Waals surface area (Å²) in [6, 6.07) is 8.15. The van der Waals surface area contributed by atoms with Crippen LogP contribution < -0.4 is 0 Å². The molecular formula is C19H25BrN2OS. The molecule has 0 fully saturated rings. The van der Waals surface area contributed by atoms with Crippen molar-refractivity contribution >= 4 is 33.2 Å². The predicted molar refractivity (Wildman–Crippen MR) is 104 cm³/mol. The number of hydrogen-bond donors (Lipinski definition) is 0. The van der Waals surface area contributed by atoms with Gasteiger partial charge >= 0.3 is 0 Å². The van der Waals surface area contributed by atoms with Gasteiger partial charge in [-0.2, -0.15) is 0 Å². The van der Waals surface area contributed by atoms with Crippen LogP contribution in [0.3, 0.4) is 0 Å². The summed E-state index contributed by atoms with van der Waals surface area (Å²) in [5, 5.41) is 3.11. The molecule has 3 nitrogen and oxygen atoms in total. The van der Waals surface area contributed by atoms with Gasteiger partial charge in [-0.3, -0.25) is 4.79 Å². The molecule has 1 aromatic heterocycles. The summed E-state index contributed by atoms with van der Waals surface area (Å²) in [4.78, 5) is 19.5. The highest BCUT2D eigenvalue weighted by Gasteiger charge is 2.23. The third-order valence-electron chi connectivity index (χ3n) is 4.00. The van der Waals surface area contributed by atoms with Crippen molar-refractivity contribution in [2.24, 2.45) is 0 Å². The van der Waals surface area contributed by atoms with Crippen molar-refractivity contribution in [2.45, 2.75) is 52.5 Å². The fourth-order valence-corrected chi connectivity index (χ4v) is 4.13. The van der Waals surface area contributed by atoms with E-state index in [2.05, 4.69) is 54.7 Å². The number of benzene rings is 1. The van der Waals surface area contributed by atoms with E-state index in [9.17, 15) is 4.79 Å². The molecule has 0 aliphatic rings. The third-order valence-corrected chi connectivity index (χ3v) is 5.92. The van der Waals surface area contributed by atoms with Crippen LogP contribution in [0.1, 0.15) is 62.3 Å². The Balaban J connectivity index is 2.16. The van der Waals surface area contributed by atoms with E-state index >= 15 is 0 Å². The SMILES string of the molecule is CCCN(C(=O)Cc1csc(C(C)C)n1)C(C)c1ccccc1Br. The van der Waals surface area contributed by atoms with Gasteiger partial charge < -0.3 is 4.90 Å². The molecule has 2 rings (SSSR count). The maximum absolute atomic E-state index is 12.9. The normalized spacial score (nSPS) is 12.4. The van der Waals surface area contributed by atoms with Crippen LogP contribution in [0.15, 0.2) is 34.1 Å². The highest BCUT2D eigenvalue weighted by molar-refractivity contribution is 9.10. The summed E-state index contributed by atoms with van der Waals surface area (Å²) < 4.78 is 1.04. The molecule has 5 heteroatoms. The van der Waals surface area contributed by atoms with Gasteiger partial charge in [-0.05, 0) is 25.0 Å². The lowest BCUT2D eigenvalue weighted by atomic mass is 10.1. The van der Waals surface area contributed by atoms with Gasteiger partial charge in [0, 0.05) is 22.3 Å². The largest absolute Gasteiger partial charge is 0.336 e. The van der Waals surface area contributed by atoms with Crippen LogP contribution in [-0.2, 0) is 11.2 Å². The lowest BCUT2D eigenvalue weighted by Gasteiger charge is -2.30. The van der Waals surface area contributed by atoms with Crippen molar-refractivity contribution in [2.75, 3.05) is 6.54 Å². The molecule has 1 aromatic carbocycles. The van der Waals surface area contributed by atoms with E-state index in [1.54, 1.807) is 11.3 Å². The molecule has 0 aliphatic heterocycles. The van der Waals surface area contributed by atoms with E-state index in [1.807, 2.05) is 28.5 Å². The Morgan fingerprint density at radius 3 is 2.58 bits per heavy atom. The van der Waals surface area contributed by atoms with Gasteiger partial charge in [0.05, 0.1) is 23.2 Å². The molecule has 24 heavy (non-hydrogen) atoms. The second-order valence-electron chi connectivity index (χ2n) is 6.29. The van der Waals surface area contributed by atoms with E-state index in [1.165, 1.54) is 0 Å². The van der Waals surface area contributed by atoms with E-state index in [0.29, 0.717) is 12.3 Å². The number of hydrogen-bond acceptors (Lipinski definition) is 3. The zero-order valence-corrected chi connectivity index (χ0v) is 17.2. The summed E-state index contributed by atoms with van der Waals surface area (Å²) in [5.74, 6) is 0.547. The number of amides is 1. The lowest BCUT2D eigenvalue weighted by molar-refractivity contribution is -0.132. The number of rotatable bonds is 7. The van der Waals surface area contributed by atoms with E-state index in [4.69, 9.17) is 0 Å². The number of thiazole rings is 1. The van der Waals surface area contributed by atoms with Crippen LogP contribution in [0, 0.1) is 0 Å². The van der Waals surface area contributed by atoms with Gasteiger partial charge in [-0.1, -0.05) is 54.9 Å². The fraction of sp³-hybridized carbons (Fsp3) is 0.474. The molecule has 0 spiro atoms. The predicted octanol–water partition coefficient (Wildman–Crippen LogP) is 5.57. The maximum Gasteiger partial charge on any atom is 0.229 e. The molecular weight excluding hydrogens is 384 g/mol. The van der Waals surface area contributed by atoms with Crippen molar-refractivity contribution in [3.05, 3.63) is 50.4 Å². The number of aromatic nitrogens is 1. The molecule has 0 N–H and O–H groups in total. The molecule has 1 unspecified atom stereocenters. The molecule has 130 valence electrons. The molecule has 1 amide bonds. The van der Waals surface area contributed by atoms with Crippen molar-refractivity contribution in [1.29, 1.82) is 0 Å². The van der Waals surface area contributed by atoms with Crippen LogP contribution in [0.2, 0.25) is 0 Å². The molecule has 0 radical (unpaired) electrons. The summed E-state index contributed by atoms with van der Waals surface area (Å²) in [5.41, 5.74) is 2.02. The van der Waals surface area contributed by atoms with Crippen LogP contribution in [-0.4, -0.2) is 22.3 Å². The molecule has 1 heterocycles. The Labute approximate surface area is 157 Å². The van der Waals surface area contributed by atoms with Gasteiger partial charge in [0.1, 0.15) is 0 Å². The van der Waals surface area contributed by atoms with Gasteiger partial charge in [-0.25, -0.2) is 4.98 Å². The quantitative estimate of drug-likeness (QED) is 0.599. The number of nitrogens with zero attached hydrogens (tertiary/aromatic N) is 2. The Morgan fingerprint density at radius 2 is 2.00 bits per heavy atom. The minimum atomic E-state index is 0.0382.